The lowest BCUT2D eigenvalue weighted by molar-refractivity contribution is 0.102. The molecule has 2 aromatic rings. The van der Waals surface area contributed by atoms with Gasteiger partial charge in [0.15, 0.2) is 0 Å². The number of rotatable bonds is 2. The number of hydrogen-bond acceptors (Lipinski definition) is 2. The average Bonchev–Trinajstić information content (AvgIpc) is 2.47. The predicted octanol–water partition coefficient (Wildman–Crippen LogP) is 2.53. The molecule has 0 aliphatic carbocycles. The number of hydrogen-bond donors (Lipinski definition) is 2. The Hall–Kier alpha value is -2.71. The van der Waals surface area contributed by atoms with Gasteiger partial charge in [-0.15, -0.1) is 0 Å². The fourth-order valence-electron chi connectivity index (χ4n) is 1.72. The second kappa shape index (κ2) is 6.64. The standard InChI is InChI=1S/C16H12F2N2O/c17-12-7-8-13(11(10-12)4-3-9-19)16(21)20-15-6-2-1-5-14(15)18/h1-2,5-8,10H,9,19H2,(H,20,21). The van der Waals surface area contributed by atoms with E-state index in [2.05, 4.69) is 17.2 Å². The molecule has 0 radical (unpaired) electrons. The molecule has 0 saturated carbocycles. The van der Waals surface area contributed by atoms with E-state index in [1.165, 1.54) is 24.3 Å². The van der Waals surface area contributed by atoms with Gasteiger partial charge in [0.1, 0.15) is 11.6 Å². The molecule has 0 aromatic heterocycles. The number of nitrogens with one attached hydrogen (secondary N) is 1. The van der Waals surface area contributed by atoms with Crippen molar-refractivity contribution in [1.29, 1.82) is 0 Å². The smallest absolute Gasteiger partial charge is 0.257 e. The summed E-state index contributed by atoms with van der Waals surface area (Å²) in [6.45, 7) is 0.0882. The van der Waals surface area contributed by atoms with Crippen LogP contribution in [-0.4, -0.2) is 12.5 Å². The van der Waals surface area contributed by atoms with Gasteiger partial charge in [-0.1, -0.05) is 24.0 Å². The second-order valence-corrected chi connectivity index (χ2v) is 4.13. The zero-order valence-electron chi connectivity index (χ0n) is 11.0. The number of para-hydroxylation sites is 1. The highest BCUT2D eigenvalue weighted by Crippen LogP contribution is 2.16. The molecule has 2 aromatic carbocycles. The van der Waals surface area contributed by atoms with E-state index >= 15 is 0 Å². The predicted molar refractivity (Wildman–Crippen MR) is 76.7 cm³/mol. The van der Waals surface area contributed by atoms with Gasteiger partial charge in [0.05, 0.1) is 17.8 Å². The van der Waals surface area contributed by atoms with E-state index in [1.807, 2.05) is 0 Å². The Balaban J connectivity index is 2.33. The molecule has 5 heteroatoms. The van der Waals surface area contributed by atoms with E-state index in [0.717, 1.165) is 12.1 Å². The Morgan fingerprint density at radius 3 is 2.67 bits per heavy atom. The molecule has 2 rings (SSSR count). The molecule has 0 aliphatic heterocycles. The number of nitrogens with two attached hydrogens (primary N) is 1. The van der Waals surface area contributed by atoms with Gasteiger partial charge < -0.3 is 11.1 Å². The van der Waals surface area contributed by atoms with Crippen molar-refractivity contribution >= 4 is 11.6 Å². The number of anilines is 1. The summed E-state index contributed by atoms with van der Waals surface area (Å²) < 4.78 is 26.8. The minimum atomic E-state index is -0.568. The highest BCUT2D eigenvalue weighted by molar-refractivity contribution is 6.06. The van der Waals surface area contributed by atoms with Crippen molar-refractivity contribution < 1.29 is 13.6 Å². The van der Waals surface area contributed by atoms with Gasteiger partial charge in [0, 0.05) is 5.56 Å². The fourth-order valence-corrected chi connectivity index (χ4v) is 1.72. The summed E-state index contributed by atoms with van der Waals surface area (Å²) in [4.78, 5) is 12.2. The van der Waals surface area contributed by atoms with Crippen LogP contribution in [0.15, 0.2) is 42.5 Å². The van der Waals surface area contributed by atoms with Crippen molar-refractivity contribution in [3.05, 3.63) is 65.2 Å². The SMILES string of the molecule is NCC#Cc1cc(F)ccc1C(=O)Nc1ccccc1F. The van der Waals surface area contributed by atoms with Crippen LogP contribution >= 0.6 is 0 Å². The maximum Gasteiger partial charge on any atom is 0.257 e. The van der Waals surface area contributed by atoms with Crippen molar-refractivity contribution in [2.75, 3.05) is 11.9 Å². The molecule has 0 bridgehead atoms. The highest BCUT2D eigenvalue weighted by Gasteiger charge is 2.13. The van der Waals surface area contributed by atoms with E-state index in [0.29, 0.717) is 0 Å². The average molecular weight is 286 g/mol. The van der Waals surface area contributed by atoms with E-state index < -0.39 is 17.5 Å². The third-order valence-corrected chi connectivity index (χ3v) is 2.67. The van der Waals surface area contributed by atoms with Crippen LogP contribution in [0.5, 0.6) is 0 Å². The third-order valence-electron chi connectivity index (χ3n) is 2.67. The molecule has 3 N–H and O–H groups in total. The fraction of sp³-hybridized carbons (Fsp3) is 0.0625. The molecule has 1 amide bonds. The lowest BCUT2D eigenvalue weighted by atomic mass is 10.1. The maximum absolute atomic E-state index is 13.5. The van der Waals surface area contributed by atoms with E-state index in [-0.39, 0.29) is 23.4 Å². The number of amides is 1. The lowest BCUT2D eigenvalue weighted by Crippen LogP contribution is -2.14. The van der Waals surface area contributed by atoms with Crippen molar-refractivity contribution in [3.8, 4) is 11.8 Å². The highest BCUT2D eigenvalue weighted by atomic mass is 19.1. The minimum Gasteiger partial charge on any atom is -0.320 e. The summed E-state index contributed by atoms with van der Waals surface area (Å²) in [5.41, 5.74) is 5.67. The van der Waals surface area contributed by atoms with Crippen LogP contribution in [0.25, 0.3) is 0 Å². The minimum absolute atomic E-state index is 0.0459. The molecular formula is C16H12F2N2O. The van der Waals surface area contributed by atoms with Gasteiger partial charge in [-0.2, -0.15) is 0 Å². The summed E-state index contributed by atoms with van der Waals surface area (Å²) in [6.07, 6.45) is 0. The number of carbonyl (C=O) groups excluding carboxylic acids is 1. The quantitative estimate of drug-likeness (QED) is 0.834. The lowest BCUT2D eigenvalue weighted by Gasteiger charge is -2.08. The third kappa shape index (κ3) is 3.65. The Morgan fingerprint density at radius 1 is 1.19 bits per heavy atom. The Bertz CT molecular complexity index is 733. The van der Waals surface area contributed by atoms with Crippen molar-refractivity contribution in [3.63, 3.8) is 0 Å². The normalized spacial score (nSPS) is 9.67. The first-order valence-corrected chi connectivity index (χ1v) is 6.16. The maximum atomic E-state index is 13.5. The monoisotopic (exact) mass is 286 g/mol. The summed E-state index contributed by atoms with van der Waals surface area (Å²) in [7, 11) is 0. The van der Waals surface area contributed by atoms with E-state index in [4.69, 9.17) is 5.73 Å². The molecule has 0 spiro atoms. The molecule has 0 fully saturated rings. The Labute approximate surface area is 120 Å². The molecule has 0 atom stereocenters. The van der Waals surface area contributed by atoms with Crippen LogP contribution in [0.2, 0.25) is 0 Å². The number of halogens is 2. The molecule has 0 saturated heterocycles. The molecule has 0 unspecified atom stereocenters. The van der Waals surface area contributed by atoms with Crippen LogP contribution in [0.1, 0.15) is 15.9 Å². The topological polar surface area (TPSA) is 55.1 Å². The van der Waals surface area contributed by atoms with Crippen molar-refractivity contribution in [2.45, 2.75) is 0 Å². The van der Waals surface area contributed by atoms with Crippen LogP contribution in [0.4, 0.5) is 14.5 Å². The molecule has 106 valence electrons. The summed E-state index contributed by atoms with van der Waals surface area (Å²) in [6, 6.07) is 9.35. The van der Waals surface area contributed by atoms with Crippen LogP contribution in [0.3, 0.4) is 0 Å². The molecule has 21 heavy (non-hydrogen) atoms. The zero-order chi connectivity index (χ0) is 15.2. The number of carbonyl (C=O) groups is 1. The first-order valence-electron chi connectivity index (χ1n) is 6.16. The van der Waals surface area contributed by atoms with Gasteiger partial charge in [0.25, 0.3) is 5.91 Å². The first kappa shape index (κ1) is 14.7. The molecule has 3 nitrogen and oxygen atoms in total. The van der Waals surface area contributed by atoms with Gasteiger partial charge in [-0.3, -0.25) is 4.79 Å². The van der Waals surface area contributed by atoms with Gasteiger partial charge in [-0.25, -0.2) is 8.78 Å². The van der Waals surface area contributed by atoms with Crippen LogP contribution < -0.4 is 11.1 Å². The number of benzene rings is 2. The van der Waals surface area contributed by atoms with Crippen molar-refractivity contribution in [2.24, 2.45) is 5.73 Å². The van der Waals surface area contributed by atoms with Crippen LogP contribution in [-0.2, 0) is 0 Å². The molecular weight excluding hydrogens is 274 g/mol. The van der Waals surface area contributed by atoms with Crippen molar-refractivity contribution in [1.82, 2.24) is 0 Å². The Morgan fingerprint density at radius 2 is 1.95 bits per heavy atom. The molecule has 0 heterocycles. The first-order chi connectivity index (χ1) is 10.1. The van der Waals surface area contributed by atoms with Crippen LogP contribution in [0, 0.1) is 23.5 Å². The molecule has 0 aliphatic rings. The van der Waals surface area contributed by atoms with E-state index in [1.54, 1.807) is 6.07 Å². The summed E-state index contributed by atoms with van der Waals surface area (Å²) >= 11 is 0. The largest absolute Gasteiger partial charge is 0.320 e. The Kier molecular flexibility index (Phi) is 4.64. The van der Waals surface area contributed by atoms with Gasteiger partial charge >= 0.3 is 0 Å². The zero-order valence-corrected chi connectivity index (χ0v) is 11.0. The van der Waals surface area contributed by atoms with E-state index in [9.17, 15) is 13.6 Å². The van der Waals surface area contributed by atoms with Gasteiger partial charge in [-0.05, 0) is 30.3 Å². The second-order valence-electron chi connectivity index (χ2n) is 4.13. The summed E-state index contributed by atoms with van der Waals surface area (Å²) in [5, 5.41) is 2.43. The summed E-state index contributed by atoms with van der Waals surface area (Å²) in [5.74, 6) is 3.55. The van der Waals surface area contributed by atoms with Gasteiger partial charge in [0.2, 0.25) is 0 Å².